The predicted molar refractivity (Wildman–Crippen MR) is 68.1 cm³/mol. The average Bonchev–Trinajstić information content (AvgIpc) is 2.31. The Labute approximate surface area is 106 Å². The van der Waals surface area contributed by atoms with Gasteiger partial charge >= 0.3 is 0 Å². The van der Waals surface area contributed by atoms with Crippen LogP contribution in [0.25, 0.3) is 0 Å². The fourth-order valence-electron chi connectivity index (χ4n) is 1.39. The van der Waals surface area contributed by atoms with Crippen LogP contribution in [0.15, 0.2) is 18.2 Å². The second-order valence-corrected chi connectivity index (χ2v) is 3.99. The normalized spacial score (nSPS) is 12.0. The van der Waals surface area contributed by atoms with Gasteiger partial charge in [-0.25, -0.2) is 0 Å². The van der Waals surface area contributed by atoms with Gasteiger partial charge in [-0.05, 0) is 19.9 Å². The van der Waals surface area contributed by atoms with Crippen LogP contribution in [0.2, 0.25) is 5.02 Å². The molecule has 0 aliphatic heterocycles. The largest absolute Gasteiger partial charge is 0.479 e. The fourth-order valence-corrected chi connectivity index (χ4v) is 1.63. The number of para-hydroxylation sites is 1. The Kier molecular flexibility index (Phi) is 5.25. The third-order valence-corrected chi connectivity index (χ3v) is 2.58. The van der Waals surface area contributed by atoms with Gasteiger partial charge in [0.1, 0.15) is 5.75 Å². The molecule has 0 aromatic heterocycles. The van der Waals surface area contributed by atoms with Crippen molar-refractivity contribution in [1.29, 1.82) is 0 Å². The molecule has 1 aromatic rings. The third kappa shape index (κ3) is 3.61. The summed E-state index contributed by atoms with van der Waals surface area (Å²) in [6.07, 6.45) is -0.597. The number of hydrogen-bond donors (Lipinski definition) is 2. The highest BCUT2D eigenvalue weighted by molar-refractivity contribution is 6.32. The number of nitrogens with two attached hydrogens (primary N) is 1. The highest BCUT2D eigenvalue weighted by Gasteiger charge is 2.17. The van der Waals surface area contributed by atoms with Gasteiger partial charge in [0.25, 0.3) is 5.91 Å². The second kappa shape index (κ2) is 6.47. The highest BCUT2D eigenvalue weighted by atomic mass is 35.5. The lowest BCUT2D eigenvalue weighted by atomic mass is 10.2. The Morgan fingerprint density at radius 3 is 2.88 bits per heavy atom. The van der Waals surface area contributed by atoms with Crippen LogP contribution in [-0.4, -0.2) is 18.6 Å². The molecule has 1 amide bonds. The Bertz CT molecular complexity index is 396. The molecular weight excluding hydrogens is 240 g/mol. The molecule has 4 nitrogen and oxygen atoms in total. The van der Waals surface area contributed by atoms with Crippen molar-refractivity contribution in [2.75, 3.05) is 6.54 Å². The monoisotopic (exact) mass is 256 g/mol. The number of halogens is 1. The van der Waals surface area contributed by atoms with E-state index in [0.717, 1.165) is 5.56 Å². The number of nitrogens with one attached hydrogen (secondary N) is 1. The molecule has 0 aliphatic carbocycles. The maximum Gasteiger partial charge on any atom is 0.260 e. The number of likely N-dealkylation sites (N-methyl/N-ethyl adjacent to an activating group) is 1. The first-order valence-electron chi connectivity index (χ1n) is 5.52. The SMILES string of the molecule is CCNC(=O)C(C)Oc1c(Cl)cccc1CN. The molecule has 94 valence electrons. The van der Waals surface area contributed by atoms with Gasteiger partial charge in [-0.2, -0.15) is 0 Å². The van der Waals surface area contributed by atoms with Crippen LogP contribution in [-0.2, 0) is 11.3 Å². The summed E-state index contributed by atoms with van der Waals surface area (Å²) in [5.41, 5.74) is 6.38. The van der Waals surface area contributed by atoms with E-state index in [4.69, 9.17) is 22.1 Å². The van der Waals surface area contributed by atoms with Gasteiger partial charge in [0.15, 0.2) is 6.10 Å². The topological polar surface area (TPSA) is 64.3 Å². The van der Waals surface area contributed by atoms with E-state index in [-0.39, 0.29) is 5.91 Å². The summed E-state index contributed by atoms with van der Waals surface area (Å²) in [4.78, 5) is 11.5. The number of rotatable bonds is 5. The smallest absolute Gasteiger partial charge is 0.260 e. The molecule has 0 fully saturated rings. The minimum atomic E-state index is -0.597. The first-order valence-corrected chi connectivity index (χ1v) is 5.89. The number of amides is 1. The van der Waals surface area contributed by atoms with Gasteiger partial charge in [0, 0.05) is 18.7 Å². The standard InChI is InChI=1S/C12H17ClN2O2/c1-3-15-12(16)8(2)17-11-9(7-14)5-4-6-10(11)13/h4-6,8H,3,7,14H2,1-2H3,(H,15,16). The minimum absolute atomic E-state index is 0.171. The van der Waals surface area contributed by atoms with Crippen LogP contribution < -0.4 is 15.8 Å². The molecular formula is C12H17ClN2O2. The van der Waals surface area contributed by atoms with Crippen molar-refractivity contribution < 1.29 is 9.53 Å². The van der Waals surface area contributed by atoms with E-state index in [2.05, 4.69) is 5.32 Å². The van der Waals surface area contributed by atoms with Crippen LogP contribution >= 0.6 is 11.6 Å². The summed E-state index contributed by atoms with van der Waals surface area (Å²) in [6.45, 7) is 4.41. The third-order valence-electron chi connectivity index (χ3n) is 2.28. The maximum absolute atomic E-state index is 11.5. The van der Waals surface area contributed by atoms with E-state index in [1.54, 1.807) is 19.1 Å². The zero-order valence-electron chi connectivity index (χ0n) is 10.00. The predicted octanol–water partition coefficient (Wildman–Crippen LogP) is 1.70. The summed E-state index contributed by atoms with van der Waals surface area (Å²) in [7, 11) is 0. The van der Waals surface area contributed by atoms with Crippen molar-refractivity contribution >= 4 is 17.5 Å². The van der Waals surface area contributed by atoms with Gasteiger partial charge in [-0.15, -0.1) is 0 Å². The summed E-state index contributed by atoms with van der Waals surface area (Å²) in [5, 5.41) is 3.15. The quantitative estimate of drug-likeness (QED) is 0.843. The van der Waals surface area contributed by atoms with Gasteiger partial charge < -0.3 is 15.8 Å². The van der Waals surface area contributed by atoms with Crippen molar-refractivity contribution in [2.45, 2.75) is 26.5 Å². The summed E-state index contributed by atoms with van der Waals surface area (Å²) >= 11 is 6.02. The van der Waals surface area contributed by atoms with Gasteiger partial charge in [0.05, 0.1) is 5.02 Å². The molecule has 5 heteroatoms. The van der Waals surface area contributed by atoms with Crippen molar-refractivity contribution in [3.05, 3.63) is 28.8 Å². The van der Waals surface area contributed by atoms with Crippen molar-refractivity contribution in [2.24, 2.45) is 5.73 Å². The van der Waals surface area contributed by atoms with Crippen molar-refractivity contribution in [3.8, 4) is 5.75 Å². The molecule has 3 N–H and O–H groups in total. The second-order valence-electron chi connectivity index (χ2n) is 3.59. The summed E-state index contributed by atoms with van der Waals surface area (Å²) in [5.74, 6) is 0.311. The number of hydrogen-bond acceptors (Lipinski definition) is 3. The van der Waals surface area contributed by atoms with Gasteiger partial charge in [-0.3, -0.25) is 4.79 Å². The molecule has 17 heavy (non-hydrogen) atoms. The first kappa shape index (κ1) is 13.8. The summed E-state index contributed by atoms with van der Waals surface area (Å²) in [6, 6.07) is 5.33. The van der Waals surface area contributed by atoms with E-state index < -0.39 is 6.10 Å². The summed E-state index contributed by atoms with van der Waals surface area (Å²) < 4.78 is 5.56. The lowest BCUT2D eigenvalue weighted by Gasteiger charge is -2.17. The molecule has 1 rings (SSSR count). The first-order chi connectivity index (χ1) is 8.10. The minimum Gasteiger partial charge on any atom is -0.479 e. The van der Waals surface area contributed by atoms with E-state index >= 15 is 0 Å². The molecule has 0 saturated heterocycles. The molecule has 1 aromatic carbocycles. The Morgan fingerprint density at radius 1 is 1.59 bits per heavy atom. The van der Waals surface area contributed by atoms with E-state index in [0.29, 0.717) is 23.9 Å². The van der Waals surface area contributed by atoms with E-state index in [1.165, 1.54) is 0 Å². The van der Waals surface area contributed by atoms with Crippen LogP contribution in [0.3, 0.4) is 0 Å². The Balaban J connectivity index is 2.83. The van der Waals surface area contributed by atoms with Crippen molar-refractivity contribution in [3.63, 3.8) is 0 Å². The lowest BCUT2D eigenvalue weighted by Crippen LogP contribution is -2.36. The average molecular weight is 257 g/mol. The van der Waals surface area contributed by atoms with Gasteiger partial charge in [-0.1, -0.05) is 23.7 Å². The molecule has 1 atom stereocenters. The van der Waals surface area contributed by atoms with Crippen LogP contribution in [0.5, 0.6) is 5.75 Å². The van der Waals surface area contributed by atoms with Crippen LogP contribution in [0, 0.1) is 0 Å². The molecule has 0 spiro atoms. The lowest BCUT2D eigenvalue weighted by molar-refractivity contribution is -0.127. The zero-order chi connectivity index (χ0) is 12.8. The molecule has 1 unspecified atom stereocenters. The van der Waals surface area contributed by atoms with Crippen LogP contribution in [0.4, 0.5) is 0 Å². The molecule has 0 heterocycles. The fraction of sp³-hybridized carbons (Fsp3) is 0.417. The Hall–Kier alpha value is -1.26. The number of carbonyl (C=O) groups excluding carboxylic acids is 1. The molecule has 0 aliphatic rings. The number of carbonyl (C=O) groups is 1. The van der Waals surface area contributed by atoms with E-state index in [9.17, 15) is 4.79 Å². The molecule has 0 radical (unpaired) electrons. The molecule has 0 saturated carbocycles. The number of ether oxygens (including phenoxy) is 1. The Morgan fingerprint density at radius 2 is 2.29 bits per heavy atom. The highest BCUT2D eigenvalue weighted by Crippen LogP contribution is 2.29. The van der Waals surface area contributed by atoms with Crippen molar-refractivity contribution in [1.82, 2.24) is 5.32 Å². The van der Waals surface area contributed by atoms with Crippen LogP contribution in [0.1, 0.15) is 19.4 Å². The zero-order valence-corrected chi connectivity index (χ0v) is 10.8. The van der Waals surface area contributed by atoms with E-state index in [1.807, 2.05) is 13.0 Å². The number of benzene rings is 1. The van der Waals surface area contributed by atoms with Gasteiger partial charge in [0.2, 0.25) is 0 Å². The molecule has 0 bridgehead atoms. The maximum atomic E-state index is 11.5.